The average Bonchev–Trinajstić information content (AvgIpc) is 3.15. The van der Waals surface area contributed by atoms with Crippen LogP contribution in [0.5, 0.6) is 0 Å². The molecule has 2 aliphatic heterocycles. The molecule has 7 heteroatoms. The van der Waals surface area contributed by atoms with E-state index in [0.717, 1.165) is 0 Å². The van der Waals surface area contributed by atoms with Crippen LogP contribution in [0.4, 0.5) is 0 Å². The van der Waals surface area contributed by atoms with Crippen molar-refractivity contribution < 1.29 is 33.3 Å². The van der Waals surface area contributed by atoms with Gasteiger partial charge in [0.2, 0.25) is 0 Å². The van der Waals surface area contributed by atoms with Crippen molar-refractivity contribution in [3.05, 3.63) is 12.2 Å². The summed E-state index contributed by atoms with van der Waals surface area (Å²) in [4.78, 5) is 35.2. The van der Waals surface area contributed by atoms with Gasteiger partial charge in [0.25, 0.3) is 0 Å². The first kappa shape index (κ1) is 17.5. The molecule has 0 bridgehead atoms. The van der Waals surface area contributed by atoms with E-state index in [4.69, 9.17) is 18.9 Å². The molecular weight excluding hydrogens is 304 g/mol. The minimum absolute atomic E-state index is 0.0166. The number of fused-ring (bicyclic) bond motifs is 1. The highest BCUT2D eigenvalue weighted by Crippen LogP contribution is 2.29. The van der Waals surface area contributed by atoms with Crippen molar-refractivity contribution in [3.63, 3.8) is 0 Å². The van der Waals surface area contributed by atoms with Crippen LogP contribution < -0.4 is 0 Å². The summed E-state index contributed by atoms with van der Waals surface area (Å²) in [5.41, 5.74) is 0. The summed E-state index contributed by atoms with van der Waals surface area (Å²) in [5, 5.41) is 0. The van der Waals surface area contributed by atoms with Crippen LogP contribution in [0.25, 0.3) is 0 Å². The molecule has 0 amide bonds. The maximum Gasteiger partial charge on any atom is 0.338 e. The smallest absolute Gasteiger partial charge is 0.338 e. The van der Waals surface area contributed by atoms with Crippen LogP contribution in [0.3, 0.4) is 0 Å². The maximum atomic E-state index is 11.9. The zero-order valence-electron chi connectivity index (χ0n) is 13.5. The fraction of sp³-hybridized carbons (Fsp3) is 0.688. The molecule has 0 N–H and O–H groups in total. The molecule has 0 aromatic carbocycles. The van der Waals surface area contributed by atoms with Crippen LogP contribution in [0.1, 0.15) is 40.0 Å². The van der Waals surface area contributed by atoms with Gasteiger partial charge in [-0.1, -0.05) is 6.08 Å². The minimum Gasteiger partial charge on any atom is -0.462 e. The molecule has 2 rings (SSSR count). The largest absolute Gasteiger partial charge is 0.462 e. The van der Waals surface area contributed by atoms with Gasteiger partial charge in [0.05, 0.1) is 12.5 Å². The van der Waals surface area contributed by atoms with E-state index in [1.807, 2.05) is 0 Å². The van der Waals surface area contributed by atoms with Gasteiger partial charge < -0.3 is 18.9 Å². The van der Waals surface area contributed by atoms with Crippen LogP contribution >= 0.6 is 0 Å². The lowest BCUT2D eigenvalue weighted by Gasteiger charge is -2.15. The second-order valence-corrected chi connectivity index (χ2v) is 5.97. The van der Waals surface area contributed by atoms with Gasteiger partial charge in [-0.25, -0.2) is 9.59 Å². The van der Waals surface area contributed by atoms with Gasteiger partial charge in [-0.2, -0.15) is 0 Å². The van der Waals surface area contributed by atoms with E-state index < -0.39 is 36.2 Å². The monoisotopic (exact) mass is 326 g/mol. The van der Waals surface area contributed by atoms with E-state index in [0.29, 0.717) is 12.8 Å². The predicted molar refractivity (Wildman–Crippen MR) is 78.3 cm³/mol. The molecule has 2 heterocycles. The second-order valence-electron chi connectivity index (χ2n) is 5.97. The predicted octanol–water partition coefficient (Wildman–Crippen LogP) is 1.29. The Kier molecular flexibility index (Phi) is 5.76. The van der Waals surface area contributed by atoms with E-state index in [2.05, 4.69) is 0 Å². The highest BCUT2D eigenvalue weighted by molar-refractivity contribution is 5.82. The van der Waals surface area contributed by atoms with E-state index in [9.17, 15) is 14.4 Å². The number of carbonyl (C=O) groups is 3. The van der Waals surface area contributed by atoms with Crippen LogP contribution in [-0.4, -0.2) is 48.4 Å². The molecule has 128 valence electrons. The summed E-state index contributed by atoms with van der Waals surface area (Å²) in [6.07, 6.45) is 1.43. The molecule has 0 aliphatic carbocycles. The molecule has 0 saturated carbocycles. The number of cyclic esters (lactones) is 3. The summed E-state index contributed by atoms with van der Waals surface area (Å²) < 4.78 is 20.8. The van der Waals surface area contributed by atoms with Gasteiger partial charge in [-0.3, -0.25) is 4.79 Å². The minimum atomic E-state index is -0.598. The van der Waals surface area contributed by atoms with Crippen molar-refractivity contribution in [1.82, 2.24) is 0 Å². The molecule has 0 aromatic heterocycles. The summed E-state index contributed by atoms with van der Waals surface area (Å²) in [7, 11) is 0. The normalized spacial score (nSPS) is 37.9. The lowest BCUT2D eigenvalue weighted by Crippen LogP contribution is -2.25. The highest BCUT2D eigenvalue weighted by atomic mass is 16.6. The first-order valence-corrected chi connectivity index (χ1v) is 7.77. The van der Waals surface area contributed by atoms with Gasteiger partial charge in [0.15, 0.2) is 6.10 Å². The Bertz CT molecular complexity index is 499. The van der Waals surface area contributed by atoms with E-state index in [1.165, 1.54) is 6.08 Å². The first-order chi connectivity index (χ1) is 10.8. The number of hydrogen-bond acceptors (Lipinski definition) is 7. The van der Waals surface area contributed by atoms with Crippen molar-refractivity contribution in [3.8, 4) is 0 Å². The molecule has 1 saturated heterocycles. The topological polar surface area (TPSA) is 91.4 Å². The molecule has 23 heavy (non-hydrogen) atoms. The molecule has 0 aromatic rings. The Balaban J connectivity index is 2.00. The molecule has 1 fully saturated rings. The van der Waals surface area contributed by atoms with Crippen molar-refractivity contribution in [2.75, 3.05) is 0 Å². The average molecular weight is 326 g/mol. The van der Waals surface area contributed by atoms with Gasteiger partial charge in [0.1, 0.15) is 18.3 Å². The zero-order chi connectivity index (χ0) is 17.0. The van der Waals surface area contributed by atoms with Gasteiger partial charge >= 0.3 is 17.9 Å². The van der Waals surface area contributed by atoms with Crippen molar-refractivity contribution in [2.24, 2.45) is 0 Å². The summed E-state index contributed by atoms with van der Waals surface area (Å²) in [5.74, 6) is -1.44. The fourth-order valence-electron chi connectivity index (χ4n) is 2.36. The SMILES string of the molecule is C[C@H]1CC(=O)O[C@@H](C)C[C@H]2O[C@@H]2C(=O)O[C@@H](C)C/C=C/C(=O)O1. The number of ether oxygens (including phenoxy) is 4. The Labute approximate surface area is 134 Å². The standard InChI is InChI=1S/C16H22O7/c1-9-5-4-6-13(17)20-11(3)8-14(18)21-10(2)7-12-15(23-12)16(19)22-9/h4,6,9-12,15H,5,7-8H2,1-3H3/b6-4+/t9-,10-,11-,12+,15-/m0/s1. The van der Waals surface area contributed by atoms with Crippen molar-refractivity contribution >= 4 is 17.9 Å². The Morgan fingerprint density at radius 3 is 2.43 bits per heavy atom. The van der Waals surface area contributed by atoms with Crippen LogP contribution in [0.2, 0.25) is 0 Å². The van der Waals surface area contributed by atoms with E-state index >= 15 is 0 Å². The Morgan fingerprint density at radius 2 is 1.70 bits per heavy atom. The molecule has 0 spiro atoms. The lowest BCUT2D eigenvalue weighted by molar-refractivity contribution is -0.154. The summed E-state index contributed by atoms with van der Waals surface area (Å²) in [6.45, 7) is 5.10. The van der Waals surface area contributed by atoms with Crippen molar-refractivity contribution in [1.29, 1.82) is 0 Å². The van der Waals surface area contributed by atoms with Gasteiger partial charge in [-0.05, 0) is 20.8 Å². The lowest BCUT2D eigenvalue weighted by atomic mass is 10.1. The van der Waals surface area contributed by atoms with Crippen LogP contribution in [0.15, 0.2) is 12.2 Å². The first-order valence-electron chi connectivity index (χ1n) is 7.77. The highest BCUT2D eigenvalue weighted by Gasteiger charge is 2.47. The second kappa shape index (κ2) is 7.59. The number of carbonyl (C=O) groups excluding carboxylic acids is 3. The molecule has 0 radical (unpaired) electrons. The summed E-state index contributed by atoms with van der Waals surface area (Å²) >= 11 is 0. The quantitative estimate of drug-likeness (QED) is 0.376. The maximum absolute atomic E-state index is 11.9. The number of hydrogen-bond donors (Lipinski definition) is 0. The third kappa shape index (κ3) is 5.67. The zero-order valence-corrected chi connectivity index (χ0v) is 13.5. The molecular formula is C16H22O7. The Morgan fingerprint density at radius 1 is 0.957 bits per heavy atom. The van der Waals surface area contributed by atoms with E-state index in [1.54, 1.807) is 26.8 Å². The fourth-order valence-corrected chi connectivity index (χ4v) is 2.36. The Hall–Kier alpha value is -1.89. The van der Waals surface area contributed by atoms with Crippen molar-refractivity contribution in [2.45, 2.75) is 70.6 Å². The number of rotatable bonds is 0. The number of esters is 3. The molecule has 5 atom stereocenters. The number of epoxide rings is 1. The van der Waals surface area contributed by atoms with Gasteiger partial charge in [0, 0.05) is 18.9 Å². The van der Waals surface area contributed by atoms with E-state index in [-0.39, 0.29) is 18.6 Å². The summed E-state index contributed by atoms with van der Waals surface area (Å²) in [6, 6.07) is 0. The van der Waals surface area contributed by atoms with Crippen LogP contribution in [-0.2, 0) is 33.3 Å². The third-order valence-corrected chi connectivity index (χ3v) is 3.52. The molecule has 2 aliphatic rings. The van der Waals surface area contributed by atoms with Crippen LogP contribution in [0, 0.1) is 0 Å². The van der Waals surface area contributed by atoms with Gasteiger partial charge in [-0.15, -0.1) is 0 Å². The molecule has 7 nitrogen and oxygen atoms in total. The third-order valence-electron chi connectivity index (χ3n) is 3.52. The molecule has 0 unspecified atom stereocenters.